The lowest BCUT2D eigenvalue weighted by Crippen LogP contribution is -2.06. The van der Waals surface area contributed by atoms with Gasteiger partial charge < -0.3 is 15.4 Å². The molecule has 2 N–H and O–H groups in total. The molecule has 7 nitrogen and oxygen atoms in total. The molecule has 0 saturated heterocycles. The highest BCUT2D eigenvalue weighted by atomic mass is 16.5. The van der Waals surface area contributed by atoms with E-state index in [1.807, 2.05) is 31.3 Å². The van der Waals surface area contributed by atoms with Crippen LogP contribution in [0.4, 0.5) is 17.5 Å². The lowest BCUT2D eigenvalue weighted by atomic mass is 10.2. The van der Waals surface area contributed by atoms with Gasteiger partial charge in [0.1, 0.15) is 5.82 Å². The van der Waals surface area contributed by atoms with Gasteiger partial charge in [-0.3, -0.25) is 4.98 Å². The molecule has 0 spiro atoms. The van der Waals surface area contributed by atoms with E-state index < -0.39 is 0 Å². The number of nitrogens with zero attached hydrogens (tertiary/aromatic N) is 3. The summed E-state index contributed by atoms with van der Waals surface area (Å²) < 4.78 is 4.98. The van der Waals surface area contributed by atoms with Crippen molar-refractivity contribution in [3.05, 3.63) is 71.7 Å². The van der Waals surface area contributed by atoms with Crippen molar-refractivity contribution < 1.29 is 9.53 Å². The van der Waals surface area contributed by atoms with Crippen LogP contribution in [0, 0.1) is 6.92 Å². The maximum absolute atomic E-state index is 11.7. The van der Waals surface area contributed by atoms with Gasteiger partial charge in [-0.1, -0.05) is 6.07 Å². The third kappa shape index (κ3) is 5.24. The summed E-state index contributed by atoms with van der Waals surface area (Å²) in [6, 6.07) is 12.8. The molecule has 0 amide bonds. The molecular weight excluding hydrogens is 342 g/mol. The maximum Gasteiger partial charge on any atom is 0.338 e. The number of aromatic nitrogens is 3. The van der Waals surface area contributed by atoms with Crippen LogP contribution >= 0.6 is 0 Å². The SMILES string of the molecule is CCOC(=O)c1ccc(Nc2nc(C)cc(NCc3cccnc3)n2)cc1. The molecule has 3 rings (SSSR count). The van der Waals surface area contributed by atoms with E-state index in [-0.39, 0.29) is 5.97 Å². The van der Waals surface area contributed by atoms with Crippen LogP contribution in [-0.2, 0) is 11.3 Å². The zero-order valence-electron chi connectivity index (χ0n) is 15.3. The molecule has 0 aliphatic carbocycles. The van der Waals surface area contributed by atoms with Crippen LogP contribution in [0.2, 0.25) is 0 Å². The van der Waals surface area contributed by atoms with E-state index in [1.165, 1.54) is 0 Å². The van der Waals surface area contributed by atoms with Gasteiger partial charge in [-0.2, -0.15) is 4.98 Å². The number of carbonyl (C=O) groups is 1. The van der Waals surface area contributed by atoms with Gasteiger partial charge in [-0.05, 0) is 49.7 Å². The molecule has 0 aliphatic rings. The topological polar surface area (TPSA) is 89.0 Å². The number of benzene rings is 1. The molecule has 0 fully saturated rings. The summed E-state index contributed by atoms with van der Waals surface area (Å²) >= 11 is 0. The average molecular weight is 363 g/mol. The first kappa shape index (κ1) is 18.3. The molecule has 1 aromatic carbocycles. The summed E-state index contributed by atoms with van der Waals surface area (Å²) in [5, 5.41) is 6.43. The third-order valence-corrected chi connectivity index (χ3v) is 3.70. The minimum atomic E-state index is -0.335. The van der Waals surface area contributed by atoms with Crippen molar-refractivity contribution in [2.75, 3.05) is 17.2 Å². The monoisotopic (exact) mass is 363 g/mol. The van der Waals surface area contributed by atoms with E-state index in [0.29, 0.717) is 24.7 Å². The Labute approximate surface area is 157 Å². The summed E-state index contributed by atoms with van der Waals surface area (Å²) in [7, 11) is 0. The Kier molecular flexibility index (Phi) is 5.94. The van der Waals surface area contributed by atoms with E-state index in [1.54, 1.807) is 37.4 Å². The normalized spacial score (nSPS) is 10.3. The molecule has 0 saturated carbocycles. The number of pyridine rings is 1. The third-order valence-electron chi connectivity index (χ3n) is 3.70. The Morgan fingerprint density at radius 3 is 2.67 bits per heavy atom. The lowest BCUT2D eigenvalue weighted by molar-refractivity contribution is 0.0526. The highest BCUT2D eigenvalue weighted by Crippen LogP contribution is 2.17. The molecular formula is C20H21N5O2. The molecule has 0 unspecified atom stereocenters. The molecule has 3 aromatic rings. The van der Waals surface area contributed by atoms with E-state index in [4.69, 9.17) is 4.74 Å². The van der Waals surface area contributed by atoms with Crippen molar-refractivity contribution in [2.45, 2.75) is 20.4 Å². The minimum absolute atomic E-state index is 0.335. The van der Waals surface area contributed by atoms with E-state index in [0.717, 1.165) is 22.8 Å². The van der Waals surface area contributed by atoms with Crippen molar-refractivity contribution in [1.29, 1.82) is 0 Å². The van der Waals surface area contributed by atoms with Crippen LogP contribution in [-0.4, -0.2) is 27.5 Å². The molecule has 27 heavy (non-hydrogen) atoms. The lowest BCUT2D eigenvalue weighted by Gasteiger charge is -2.10. The predicted octanol–water partition coefficient (Wildman–Crippen LogP) is 3.71. The quantitative estimate of drug-likeness (QED) is 0.619. The van der Waals surface area contributed by atoms with Crippen molar-refractivity contribution >= 4 is 23.4 Å². The molecule has 7 heteroatoms. The van der Waals surface area contributed by atoms with Crippen molar-refractivity contribution in [2.24, 2.45) is 0 Å². The number of esters is 1. The average Bonchev–Trinajstić information content (AvgIpc) is 2.67. The first-order valence-corrected chi connectivity index (χ1v) is 8.66. The van der Waals surface area contributed by atoms with Crippen LogP contribution in [0.25, 0.3) is 0 Å². The van der Waals surface area contributed by atoms with Gasteiger partial charge >= 0.3 is 5.97 Å². The van der Waals surface area contributed by atoms with Crippen LogP contribution in [0.15, 0.2) is 54.9 Å². The number of hydrogen-bond acceptors (Lipinski definition) is 7. The number of nitrogens with one attached hydrogen (secondary N) is 2. The van der Waals surface area contributed by atoms with Crippen LogP contribution in [0.5, 0.6) is 0 Å². The standard InChI is InChI=1S/C20H21N5O2/c1-3-27-19(26)16-6-8-17(9-7-16)24-20-23-14(2)11-18(25-20)22-13-15-5-4-10-21-12-15/h4-12H,3,13H2,1-2H3,(H2,22,23,24,25). The second-order valence-electron chi connectivity index (χ2n) is 5.86. The molecule has 2 heterocycles. The fourth-order valence-electron chi connectivity index (χ4n) is 2.44. The zero-order valence-corrected chi connectivity index (χ0v) is 15.3. The molecule has 2 aromatic heterocycles. The molecule has 138 valence electrons. The summed E-state index contributed by atoms with van der Waals surface area (Å²) in [6.45, 7) is 4.66. The van der Waals surface area contributed by atoms with Gasteiger partial charge in [0.2, 0.25) is 5.95 Å². The fraction of sp³-hybridized carbons (Fsp3) is 0.200. The Morgan fingerprint density at radius 2 is 1.96 bits per heavy atom. The first-order valence-electron chi connectivity index (χ1n) is 8.66. The Morgan fingerprint density at radius 1 is 1.15 bits per heavy atom. The molecule has 0 bridgehead atoms. The van der Waals surface area contributed by atoms with Gasteiger partial charge in [-0.25, -0.2) is 9.78 Å². The number of carbonyl (C=O) groups excluding carboxylic acids is 1. The smallest absolute Gasteiger partial charge is 0.338 e. The van der Waals surface area contributed by atoms with Gasteiger partial charge in [0, 0.05) is 36.4 Å². The molecule has 0 radical (unpaired) electrons. The zero-order chi connectivity index (χ0) is 19.1. The van der Waals surface area contributed by atoms with Gasteiger partial charge in [0.15, 0.2) is 0 Å². The van der Waals surface area contributed by atoms with Crippen molar-refractivity contribution in [3.63, 3.8) is 0 Å². The van der Waals surface area contributed by atoms with Crippen LogP contribution < -0.4 is 10.6 Å². The maximum atomic E-state index is 11.7. The Balaban J connectivity index is 1.68. The largest absolute Gasteiger partial charge is 0.462 e. The minimum Gasteiger partial charge on any atom is -0.462 e. The van der Waals surface area contributed by atoms with Crippen LogP contribution in [0.1, 0.15) is 28.5 Å². The summed E-state index contributed by atoms with van der Waals surface area (Å²) in [5.41, 5.74) is 3.19. The van der Waals surface area contributed by atoms with Crippen molar-refractivity contribution in [3.8, 4) is 0 Å². The summed E-state index contributed by atoms with van der Waals surface area (Å²) in [6.07, 6.45) is 3.55. The Bertz CT molecular complexity index is 898. The number of ether oxygens (including phenoxy) is 1. The van der Waals surface area contributed by atoms with Crippen molar-refractivity contribution in [1.82, 2.24) is 15.0 Å². The van der Waals surface area contributed by atoms with Gasteiger partial charge in [0.25, 0.3) is 0 Å². The number of hydrogen-bond donors (Lipinski definition) is 2. The highest BCUT2D eigenvalue weighted by Gasteiger charge is 2.07. The van der Waals surface area contributed by atoms with Gasteiger partial charge in [0.05, 0.1) is 12.2 Å². The highest BCUT2D eigenvalue weighted by molar-refractivity contribution is 5.89. The Hall–Kier alpha value is -3.48. The van der Waals surface area contributed by atoms with E-state index in [9.17, 15) is 4.79 Å². The van der Waals surface area contributed by atoms with Gasteiger partial charge in [-0.15, -0.1) is 0 Å². The molecule has 0 atom stereocenters. The second kappa shape index (κ2) is 8.75. The molecule has 0 aliphatic heterocycles. The second-order valence-corrected chi connectivity index (χ2v) is 5.86. The van der Waals surface area contributed by atoms with E-state index in [2.05, 4.69) is 25.6 Å². The summed E-state index contributed by atoms with van der Waals surface area (Å²) in [4.78, 5) is 24.7. The van der Waals surface area contributed by atoms with Crippen LogP contribution in [0.3, 0.4) is 0 Å². The fourth-order valence-corrected chi connectivity index (χ4v) is 2.44. The predicted molar refractivity (Wildman–Crippen MR) is 104 cm³/mol. The number of anilines is 3. The number of aryl methyl sites for hydroxylation is 1. The summed E-state index contributed by atoms with van der Waals surface area (Å²) in [5.74, 6) is 0.863. The first-order chi connectivity index (χ1) is 13.1. The number of rotatable bonds is 7. The van der Waals surface area contributed by atoms with E-state index >= 15 is 0 Å².